The molecule has 0 N–H and O–H groups in total. The van der Waals surface area contributed by atoms with Crippen LogP contribution in [0.25, 0.3) is 22.0 Å². The highest BCUT2D eigenvalue weighted by Crippen LogP contribution is 2.46. The van der Waals surface area contributed by atoms with Gasteiger partial charge < -0.3 is 14.5 Å². The Morgan fingerprint density at radius 3 is 2.78 bits per heavy atom. The second-order valence-corrected chi connectivity index (χ2v) is 11.8. The predicted molar refractivity (Wildman–Crippen MR) is 142 cm³/mol. The van der Waals surface area contributed by atoms with Gasteiger partial charge in [0, 0.05) is 66.6 Å². The topological polar surface area (TPSA) is 63.5 Å². The normalized spacial score (nSPS) is 20.0. The van der Waals surface area contributed by atoms with E-state index in [0.717, 1.165) is 83.7 Å². The van der Waals surface area contributed by atoms with Gasteiger partial charge in [0.05, 0.1) is 29.6 Å². The van der Waals surface area contributed by atoms with Crippen LogP contribution in [0.15, 0.2) is 31.0 Å². The second-order valence-electron chi connectivity index (χ2n) is 11.3. The number of rotatable bonds is 3. The van der Waals surface area contributed by atoms with Crippen LogP contribution in [-0.2, 0) is 29.6 Å². The Balaban J connectivity index is 1.47. The van der Waals surface area contributed by atoms with Crippen LogP contribution in [0.4, 0.5) is 5.82 Å². The van der Waals surface area contributed by atoms with Crippen LogP contribution in [0, 0.1) is 12.3 Å². The molecule has 188 valence electrons. The lowest BCUT2D eigenvalue weighted by molar-refractivity contribution is -0.136. The quantitative estimate of drug-likeness (QED) is 0.484. The molecular weight excluding hydrogens is 474 g/mol. The first kappa shape index (κ1) is 23.5. The van der Waals surface area contributed by atoms with Gasteiger partial charge in [-0.05, 0) is 56.5 Å². The zero-order chi connectivity index (χ0) is 25.4. The number of likely N-dealkylation sites (tertiary alicyclic amines) is 1. The molecule has 0 saturated carbocycles. The minimum Gasteiger partial charge on any atom is -0.370 e. The van der Waals surface area contributed by atoms with Crippen LogP contribution in [0.1, 0.15) is 37.1 Å². The molecule has 8 heteroatoms. The third-order valence-corrected chi connectivity index (χ3v) is 8.36. The first-order chi connectivity index (χ1) is 17.1. The van der Waals surface area contributed by atoms with Crippen molar-refractivity contribution in [2.24, 2.45) is 12.5 Å². The van der Waals surface area contributed by atoms with Gasteiger partial charge >= 0.3 is 0 Å². The van der Waals surface area contributed by atoms with E-state index in [2.05, 4.69) is 37.3 Å². The summed E-state index contributed by atoms with van der Waals surface area (Å²) < 4.78 is 8.20. The number of ether oxygens (including phenoxy) is 1. The van der Waals surface area contributed by atoms with E-state index in [1.165, 1.54) is 6.08 Å². The van der Waals surface area contributed by atoms with Crippen molar-refractivity contribution in [2.75, 3.05) is 31.1 Å². The lowest BCUT2D eigenvalue weighted by Crippen LogP contribution is -2.59. The summed E-state index contributed by atoms with van der Waals surface area (Å²) in [5.41, 5.74) is 6.51. The number of halogens is 1. The van der Waals surface area contributed by atoms with Gasteiger partial charge in [-0.2, -0.15) is 5.10 Å². The molecule has 6 rings (SSSR count). The number of nitrogens with zero attached hydrogens (tertiary/aromatic N) is 5. The summed E-state index contributed by atoms with van der Waals surface area (Å²) in [6, 6.07) is 4.02. The molecule has 1 amide bonds. The summed E-state index contributed by atoms with van der Waals surface area (Å²) in [7, 11) is 1.97. The number of pyridine rings is 1. The van der Waals surface area contributed by atoms with E-state index in [-0.39, 0.29) is 16.9 Å². The first-order valence-corrected chi connectivity index (χ1v) is 12.9. The number of aryl methyl sites for hydroxylation is 1. The number of carbonyl (C=O) groups excluding carboxylic acids is 1. The third-order valence-electron chi connectivity index (χ3n) is 8.15. The minimum atomic E-state index is -0.272. The van der Waals surface area contributed by atoms with Crippen LogP contribution >= 0.6 is 11.6 Å². The number of anilines is 1. The molecule has 2 fully saturated rings. The number of benzene rings is 1. The highest BCUT2D eigenvalue weighted by Gasteiger charge is 2.49. The Bertz CT molecular complexity index is 1420. The highest BCUT2D eigenvalue weighted by molar-refractivity contribution is 6.32. The number of carbonyl (C=O) groups is 1. The van der Waals surface area contributed by atoms with Crippen LogP contribution < -0.4 is 4.90 Å². The zero-order valence-corrected chi connectivity index (χ0v) is 22.2. The minimum absolute atomic E-state index is 0.0211. The van der Waals surface area contributed by atoms with Gasteiger partial charge in [0.15, 0.2) is 0 Å². The molecule has 0 atom stereocenters. The number of hydrogen-bond acceptors (Lipinski definition) is 5. The first-order valence-electron chi connectivity index (χ1n) is 12.5. The molecule has 5 heterocycles. The van der Waals surface area contributed by atoms with Crippen LogP contribution in [0.5, 0.6) is 0 Å². The fourth-order valence-electron chi connectivity index (χ4n) is 6.36. The number of amides is 1. The Morgan fingerprint density at radius 2 is 2.03 bits per heavy atom. The zero-order valence-electron chi connectivity index (χ0n) is 21.4. The Labute approximate surface area is 216 Å². The maximum absolute atomic E-state index is 12.1. The van der Waals surface area contributed by atoms with E-state index >= 15 is 0 Å². The molecule has 3 aromatic rings. The fourth-order valence-corrected chi connectivity index (χ4v) is 6.58. The molecule has 36 heavy (non-hydrogen) atoms. The van der Waals surface area contributed by atoms with Crippen molar-refractivity contribution in [3.8, 4) is 11.1 Å². The van der Waals surface area contributed by atoms with Gasteiger partial charge in [-0.15, -0.1) is 0 Å². The van der Waals surface area contributed by atoms with E-state index in [1.807, 2.05) is 35.0 Å². The summed E-state index contributed by atoms with van der Waals surface area (Å²) in [5, 5.41) is 6.22. The summed E-state index contributed by atoms with van der Waals surface area (Å²) in [5.74, 6) is 1.05. The number of aromatic nitrogens is 3. The van der Waals surface area contributed by atoms with Crippen molar-refractivity contribution in [3.05, 3.63) is 52.8 Å². The summed E-state index contributed by atoms with van der Waals surface area (Å²) >= 11 is 6.61. The van der Waals surface area contributed by atoms with Gasteiger partial charge in [0.25, 0.3) is 0 Å². The SMILES string of the molecule is C=CC(=O)N1CC2(CCN(c3nc4c(c(-c5cc(Cl)cc6cnn(C)c56)c3C)COC(C)(C)C4)C2)C1. The van der Waals surface area contributed by atoms with E-state index in [9.17, 15) is 4.79 Å². The smallest absolute Gasteiger partial charge is 0.245 e. The largest absolute Gasteiger partial charge is 0.370 e. The van der Waals surface area contributed by atoms with Crippen LogP contribution in [0.3, 0.4) is 0 Å². The highest BCUT2D eigenvalue weighted by atomic mass is 35.5. The van der Waals surface area contributed by atoms with Gasteiger partial charge in [0.2, 0.25) is 5.91 Å². The fraction of sp³-hybridized carbons (Fsp3) is 0.464. The van der Waals surface area contributed by atoms with Crippen molar-refractivity contribution in [1.29, 1.82) is 0 Å². The van der Waals surface area contributed by atoms with Gasteiger partial charge in [-0.3, -0.25) is 9.48 Å². The van der Waals surface area contributed by atoms with Crippen molar-refractivity contribution < 1.29 is 9.53 Å². The number of fused-ring (bicyclic) bond motifs is 2. The van der Waals surface area contributed by atoms with Crippen LogP contribution in [0.2, 0.25) is 5.02 Å². The molecule has 2 aromatic heterocycles. The van der Waals surface area contributed by atoms with E-state index in [4.69, 9.17) is 21.3 Å². The Morgan fingerprint density at radius 1 is 1.25 bits per heavy atom. The lowest BCUT2D eigenvalue weighted by Gasteiger charge is -2.47. The van der Waals surface area contributed by atoms with E-state index in [1.54, 1.807) is 0 Å². The maximum atomic E-state index is 12.1. The standard InChI is InChI=1S/C28H32ClN5O2/c1-6-23(35)34-15-28(16-34)7-8-33(14-28)26-17(2)24(21-13-36-27(3,4)11-22(21)31-26)20-10-19(29)9-18-12-30-32(5)25(18)20/h6,9-10,12H,1,7-8,11,13-16H2,2-5H3. The molecule has 3 aliphatic heterocycles. The lowest BCUT2D eigenvalue weighted by atomic mass is 9.79. The average molecular weight is 506 g/mol. The molecular formula is C28H32ClN5O2. The third kappa shape index (κ3) is 3.63. The molecule has 7 nitrogen and oxygen atoms in total. The molecule has 0 unspecified atom stereocenters. The van der Waals surface area contributed by atoms with Crippen molar-refractivity contribution >= 4 is 34.2 Å². The molecule has 0 radical (unpaired) electrons. The van der Waals surface area contributed by atoms with Crippen LogP contribution in [-0.4, -0.2) is 57.4 Å². The molecule has 1 aromatic carbocycles. The Hall–Kier alpha value is -2.90. The monoisotopic (exact) mass is 505 g/mol. The van der Waals surface area contributed by atoms with E-state index < -0.39 is 0 Å². The summed E-state index contributed by atoms with van der Waals surface area (Å²) in [4.78, 5) is 21.6. The van der Waals surface area contributed by atoms with Gasteiger partial charge in [0.1, 0.15) is 5.82 Å². The van der Waals surface area contributed by atoms with E-state index in [0.29, 0.717) is 11.6 Å². The summed E-state index contributed by atoms with van der Waals surface area (Å²) in [6.07, 6.45) is 5.08. The second kappa shape index (κ2) is 8.05. The maximum Gasteiger partial charge on any atom is 0.245 e. The van der Waals surface area contributed by atoms with Crippen molar-refractivity contribution in [2.45, 2.75) is 45.8 Å². The molecule has 3 aliphatic rings. The predicted octanol–water partition coefficient (Wildman–Crippen LogP) is 4.67. The molecule has 2 saturated heterocycles. The molecule has 0 bridgehead atoms. The Kier molecular flexibility index (Phi) is 5.25. The molecule has 0 aliphatic carbocycles. The average Bonchev–Trinajstić information content (AvgIpc) is 3.41. The number of hydrogen-bond donors (Lipinski definition) is 0. The molecule has 1 spiro atoms. The van der Waals surface area contributed by atoms with Gasteiger partial charge in [-0.1, -0.05) is 18.2 Å². The van der Waals surface area contributed by atoms with Gasteiger partial charge in [-0.25, -0.2) is 4.98 Å². The van der Waals surface area contributed by atoms with Crippen molar-refractivity contribution in [1.82, 2.24) is 19.7 Å². The van der Waals surface area contributed by atoms with Crippen molar-refractivity contribution in [3.63, 3.8) is 0 Å². The summed E-state index contributed by atoms with van der Waals surface area (Å²) in [6.45, 7) is 14.0.